The summed E-state index contributed by atoms with van der Waals surface area (Å²) in [5, 5.41) is 19.5. The Labute approximate surface area is 93.3 Å². The molecule has 2 aromatic rings. The number of aromatic nitrogens is 3. The smallest absolute Gasteiger partial charge is 0.0991 e. The highest BCUT2D eigenvalue weighted by atomic mass is 15.4. The molecule has 0 amide bonds. The fourth-order valence-electron chi connectivity index (χ4n) is 1.33. The molecule has 0 radical (unpaired) electrons. The standard InChI is InChI=1S/C11H11N5/c12-9-10-1-3-11(4-2-10)13-5-7-16-8-6-14-15-16/h1-4,6,8,13H,5,7H2. The van der Waals surface area contributed by atoms with Crippen LogP contribution in [0.1, 0.15) is 5.56 Å². The van der Waals surface area contributed by atoms with Gasteiger partial charge in [-0.3, -0.25) is 4.68 Å². The van der Waals surface area contributed by atoms with Crippen LogP contribution in [0.5, 0.6) is 0 Å². The van der Waals surface area contributed by atoms with Gasteiger partial charge < -0.3 is 5.32 Å². The fraction of sp³-hybridized carbons (Fsp3) is 0.182. The number of hydrogen-bond acceptors (Lipinski definition) is 4. The molecule has 1 aromatic carbocycles. The second-order valence-corrected chi connectivity index (χ2v) is 3.28. The maximum atomic E-state index is 8.64. The summed E-state index contributed by atoms with van der Waals surface area (Å²) in [7, 11) is 0. The van der Waals surface area contributed by atoms with Crippen LogP contribution in [-0.2, 0) is 6.54 Å². The van der Waals surface area contributed by atoms with E-state index >= 15 is 0 Å². The lowest BCUT2D eigenvalue weighted by Crippen LogP contribution is -2.10. The van der Waals surface area contributed by atoms with E-state index in [1.807, 2.05) is 18.3 Å². The molecule has 16 heavy (non-hydrogen) atoms. The predicted octanol–water partition coefficient (Wildman–Crippen LogP) is 1.26. The Morgan fingerprint density at radius 3 is 2.75 bits per heavy atom. The maximum absolute atomic E-state index is 8.64. The van der Waals surface area contributed by atoms with Crippen LogP contribution in [0.15, 0.2) is 36.7 Å². The van der Waals surface area contributed by atoms with Crippen molar-refractivity contribution in [2.45, 2.75) is 6.54 Å². The fourth-order valence-corrected chi connectivity index (χ4v) is 1.33. The van der Waals surface area contributed by atoms with Crippen LogP contribution in [0.2, 0.25) is 0 Å². The van der Waals surface area contributed by atoms with Gasteiger partial charge in [-0.25, -0.2) is 0 Å². The Morgan fingerprint density at radius 1 is 1.31 bits per heavy atom. The Hall–Kier alpha value is -2.35. The molecular weight excluding hydrogens is 202 g/mol. The lowest BCUT2D eigenvalue weighted by atomic mass is 10.2. The normalized spacial score (nSPS) is 9.69. The van der Waals surface area contributed by atoms with Crippen molar-refractivity contribution in [2.24, 2.45) is 0 Å². The molecule has 0 aliphatic heterocycles. The van der Waals surface area contributed by atoms with Gasteiger partial charge >= 0.3 is 0 Å². The molecule has 0 aliphatic rings. The Kier molecular flexibility index (Phi) is 3.14. The van der Waals surface area contributed by atoms with Gasteiger partial charge in [0.25, 0.3) is 0 Å². The van der Waals surface area contributed by atoms with Crippen LogP contribution in [0.25, 0.3) is 0 Å². The number of nitrogens with one attached hydrogen (secondary N) is 1. The van der Waals surface area contributed by atoms with E-state index in [1.165, 1.54) is 0 Å². The molecule has 1 aromatic heterocycles. The molecule has 0 saturated heterocycles. The Morgan fingerprint density at radius 2 is 2.12 bits per heavy atom. The maximum Gasteiger partial charge on any atom is 0.0991 e. The average molecular weight is 213 g/mol. The first-order valence-electron chi connectivity index (χ1n) is 4.96. The van der Waals surface area contributed by atoms with Gasteiger partial charge in [-0.05, 0) is 24.3 Å². The molecule has 0 fully saturated rings. The van der Waals surface area contributed by atoms with Crippen molar-refractivity contribution < 1.29 is 0 Å². The number of benzene rings is 1. The largest absolute Gasteiger partial charge is 0.383 e. The molecular formula is C11H11N5. The van der Waals surface area contributed by atoms with Crippen LogP contribution in [0.3, 0.4) is 0 Å². The van der Waals surface area contributed by atoms with Gasteiger partial charge in [0.1, 0.15) is 0 Å². The number of rotatable bonds is 4. The van der Waals surface area contributed by atoms with Gasteiger partial charge in [-0.15, -0.1) is 5.10 Å². The van der Waals surface area contributed by atoms with Crippen molar-refractivity contribution in [1.82, 2.24) is 15.0 Å². The van der Waals surface area contributed by atoms with Crippen molar-refractivity contribution in [2.75, 3.05) is 11.9 Å². The molecule has 0 saturated carbocycles. The van der Waals surface area contributed by atoms with Gasteiger partial charge in [0, 0.05) is 18.4 Å². The zero-order valence-electron chi connectivity index (χ0n) is 8.67. The first-order valence-corrected chi connectivity index (χ1v) is 4.96. The van der Waals surface area contributed by atoms with Crippen LogP contribution in [-0.4, -0.2) is 21.5 Å². The lowest BCUT2D eigenvalue weighted by molar-refractivity contribution is 0.609. The third kappa shape index (κ3) is 2.58. The molecule has 0 aliphatic carbocycles. The highest BCUT2D eigenvalue weighted by Gasteiger charge is 1.94. The number of anilines is 1. The quantitative estimate of drug-likeness (QED) is 0.830. The minimum absolute atomic E-state index is 0.668. The van der Waals surface area contributed by atoms with E-state index in [1.54, 1.807) is 23.0 Å². The number of nitriles is 1. The summed E-state index contributed by atoms with van der Waals surface area (Å²) < 4.78 is 1.76. The van der Waals surface area contributed by atoms with Crippen LogP contribution >= 0.6 is 0 Å². The first-order chi connectivity index (χ1) is 7.88. The topological polar surface area (TPSA) is 66.5 Å². The summed E-state index contributed by atoms with van der Waals surface area (Å²) >= 11 is 0. The third-order valence-electron chi connectivity index (χ3n) is 2.16. The number of nitrogens with zero attached hydrogens (tertiary/aromatic N) is 4. The molecule has 1 heterocycles. The van der Waals surface area contributed by atoms with Gasteiger partial charge in [0.2, 0.25) is 0 Å². The first kappa shape index (κ1) is 10.2. The van der Waals surface area contributed by atoms with E-state index in [4.69, 9.17) is 5.26 Å². The summed E-state index contributed by atoms with van der Waals surface area (Å²) in [6, 6.07) is 9.44. The number of hydrogen-bond donors (Lipinski definition) is 1. The van der Waals surface area contributed by atoms with Crippen LogP contribution < -0.4 is 5.32 Å². The van der Waals surface area contributed by atoms with Gasteiger partial charge in [0.15, 0.2) is 0 Å². The van der Waals surface area contributed by atoms with Crippen molar-refractivity contribution in [3.63, 3.8) is 0 Å². The van der Waals surface area contributed by atoms with Crippen LogP contribution in [0.4, 0.5) is 5.69 Å². The predicted molar refractivity (Wildman–Crippen MR) is 59.7 cm³/mol. The van der Waals surface area contributed by atoms with Crippen molar-refractivity contribution >= 4 is 5.69 Å². The van der Waals surface area contributed by atoms with Crippen molar-refractivity contribution in [1.29, 1.82) is 5.26 Å². The molecule has 1 N–H and O–H groups in total. The molecule has 0 unspecified atom stereocenters. The summed E-state index contributed by atoms with van der Waals surface area (Å²) in [6.07, 6.45) is 3.47. The van der Waals surface area contributed by atoms with E-state index in [2.05, 4.69) is 21.7 Å². The average Bonchev–Trinajstić information content (AvgIpc) is 2.83. The zero-order chi connectivity index (χ0) is 11.2. The van der Waals surface area contributed by atoms with E-state index in [0.717, 1.165) is 18.8 Å². The molecule has 0 atom stereocenters. The van der Waals surface area contributed by atoms with Gasteiger partial charge in [-0.1, -0.05) is 5.21 Å². The monoisotopic (exact) mass is 213 g/mol. The summed E-state index contributed by atoms with van der Waals surface area (Å²) in [6.45, 7) is 1.54. The van der Waals surface area contributed by atoms with Crippen molar-refractivity contribution in [3.8, 4) is 6.07 Å². The zero-order valence-corrected chi connectivity index (χ0v) is 8.67. The summed E-state index contributed by atoms with van der Waals surface area (Å²) in [5.74, 6) is 0. The van der Waals surface area contributed by atoms with Crippen LogP contribution in [0, 0.1) is 11.3 Å². The third-order valence-corrected chi connectivity index (χ3v) is 2.16. The minimum Gasteiger partial charge on any atom is -0.383 e. The highest BCUT2D eigenvalue weighted by Crippen LogP contribution is 2.07. The minimum atomic E-state index is 0.668. The SMILES string of the molecule is N#Cc1ccc(NCCn2ccnn2)cc1. The van der Waals surface area contributed by atoms with Crippen molar-refractivity contribution in [3.05, 3.63) is 42.2 Å². The Balaban J connectivity index is 1.83. The van der Waals surface area contributed by atoms with E-state index in [0.29, 0.717) is 5.56 Å². The lowest BCUT2D eigenvalue weighted by Gasteiger charge is -2.05. The van der Waals surface area contributed by atoms with E-state index < -0.39 is 0 Å². The highest BCUT2D eigenvalue weighted by molar-refractivity contribution is 5.46. The molecule has 5 heteroatoms. The molecule has 0 spiro atoms. The van der Waals surface area contributed by atoms with E-state index in [-0.39, 0.29) is 0 Å². The molecule has 0 bridgehead atoms. The van der Waals surface area contributed by atoms with Gasteiger partial charge in [-0.2, -0.15) is 5.26 Å². The summed E-state index contributed by atoms with van der Waals surface area (Å²) in [5.41, 5.74) is 1.67. The second-order valence-electron chi connectivity index (χ2n) is 3.28. The molecule has 5 nitrogen and oxygen atoms in total. The second kappa shape index (κ2) is 4.94. The van der Waals surface area contributed by atoms with E-state index in [9.17, 15) is 0 Å². The molecule has 80 valence electrons. The summed E-state index contributed by atoms with van der Waals surface area (Å²) in [4.78, 5) is 0. The Bertz CT molecular complexity index is 466. The molecule has 2 rings (SSSR count). The van der Waals surface area contributed by atoms with Gasteiger partial charge in [0.05, 0.1) is 24.4 Å².